The molecule has 3 nitrogen and oxygen atoms in total. The maximum absolute atomic E-state index is 10.7. The molecule has 0 aromatic heterocycles. The highest BCUT2D eigenvalue weighted by Crippen LogP contribution is 2.48. The molecule has 0 unspecified atom stereocenters. The molecule has 1 fully saturated rings. The summed E-state index contributed by atoms with van der Waals surface area (Å²) >= 11 is 6.27. The molecule has 4 heteroatoms. The fourth-order valence-corrected chi connectivity index (χ4v) is 2.95. The van der Waals surface area contributed by atoms with Crippen LogP contribution >= 0.6 is 11.6 Å². The topological polar surface area (TPSA) is 38.7 Å². The maximum atomic E-state index is 10.7. The van der Waals surface area contributed by atoms with E-state index in [1.165, 1.54) is 0 Å². The van der Waals surface area contributed by atoms with E-state index < -0.39 is 5.54 Å². The molecule has 0 amide bonds. The van der Waals surface area contributed by atoms with E-state index in [4.69, 9.17) is 16.3 Å². The number of hydrogen-bond acceptors (Lipinski definition) is 3. The molecule has 0 radical (unpaired) electrons. The Morgan fingerprint density at radius 2 is 2.06 bits per heavy atom. The number of hydrogen-bond donors (Lipinski definition) is 0. The number of carbonyl (C=O) groups excluding carboxylic acids is 1. The van der Waals surface area contributed by atoms with Crippen LogP contribution in [-0.4, -0.2) is 13.2 Å². The summed E-state index contributed by atoms with van der Waals surface area (Å²) in [4.78, 5) is 14.8. The summed E-state index contributed by atoms with van der Waals surface area (Å²) in [5.74, 6) is 0.637. The number of aliphatic imine (C=N–C) groups is 1. The van der Waals surface area contributed by atoms with Crippen LogP contribution in [0.2, 0.25) is 5.02 Å². The zero-order chi connectivity index (χ0) is 13.2. The summed E-state index contributed by atoms with van der Waals surface area (Å²) in [7, 11) is 1.59. The number of aryl methyl sites for hydroxylation is 1. The first kappa shape index (κ1) is 13.1. The summed E-state index contributed by atoms with van der Waals surface area (Å²) in [6, 6.07) is 3.91. The molecule has 1 saturated carbocycles. The Hall–Kier alpha value is -1.31. The predicted molar refractivity (Wildman–Crippen MR) is 71.0 cm³/mol. The molecule has 96 valence electrons. The monoisotopic (exact) mass is 265 g/mol. The van der Waals surface area contributed by atoms with E-state index >= 15 is 0 Å². The van der Waals surface area contributed by atoms with Crippen LogP contribution in [-0.2, 0) is 10.3 Å². The third-order valence-corrected chi connectivity index (χ3v) is 4.16. The molecular formula is C14H16ClNO2. The molecule has 0 atom stereocenters. The second-order valence-corrected chi connectivity index (χ2v) is 5.10. The number of nitrogens with zero attached hydrogens (tertiary/aromatic N) is 1. The van der Waals surface area contributed by atoms with Gasteiger partial charge in [0.2, 0.25) is 6.08 Å². The molecule has 1 aliphatic carbocycles. The van der Waals surface area contributed by atoms with Crippen molar-refractivity contribution in [1.29, 1.82) is 0 Å². The van der Waals surface area contributed by atoms with Gasteiger partial charge in [0, 0.05) is 5.56 Å². The first-order valence-corrected chi connectivity index (χ1v) is 6.45. The first-order valence-electron chi connectivity index (χ1n) is 6.07. The lowest BCUT2D eigenvalue weighted by atomic mass is 9.87. The molecule has 0 aliphatic heterocycles. The lowest BCUT2D eigenvalue weighted by Gasteiger charge is -2.26. The van der Waals surface area contributed by atoms with Gasteiger partial charge in [0.1, 0.15) is 11.3 Å². The van der Waals surface area contributed by atoms with Crippen molar-refractivity contribution in [3.05, 3.63) is 28.3 Å². The quantitative estimate of drug-likeness (QED) is 0.616. The second-order valence-electron chi connectivity index (χ2n) is 4.72. The number of methoxy groups -OCH3 is 1. The Morgan fingerprint density at radius 1 is 1.39 bits per heavy atom. The third kappa shape index (κ3) is 2.05. The average Bonchev–Trinajstić information content (AvgIpc) is 2.82. The van der Waals surface area contributed by atoms with Gasteiger partial charge < -0.3 is 4.74 Å². The third-order valence-electron chi connectivity index (χ3n) is 3.69. The highest BCUT2D eigenvalue weighted by Gasteiger charge is 2.38. The predicted octanol–water partition coefficient (Wildman–Crippen LogP) is 3.76. The Kier molecular flexibility index (Phi) is 3.74. The van der Waals surface area contributed by atoms with E-state index in [0.29, 0.717) is 10.8 Å². The van der Waals surface area contributed by atoms with E-state index in [0.717, 1.165) is 36.8 Å². The minimum absolute atomic E-state index is 0.496. The van der Waals surface area contributed by atoms with Crippen LogP contribution in [0.3, 0.4) is 0 Å². The van der Waals surface area contributed by atoms with Crippen LogP contribution in [0, 0.1) is 6.92 Å². The standard InChI is InChI=1S/C14H16ClNO2/c1-10-5-6-11(13(18-2)12(10)15)14(16-9-17)7-3-4-8-14/h5-6H,3-4,7-8H2,1-2H3. The van der Waals surface area contributed by atoms with Crippen molar-refractivity contribution >= 4 is 17.7 Å². The smallest absolute Gasteiger partial charge is 0.235 e. The van der Waals surface area contributed by atoms with Crippen molar-refractivity contribution in [1.82, 2.24) is 0 Å². The van der Waals surface area contributed by atoms with Gasteiger partial charge in [-0.25, -0.2) is 4.79 Å². The molecule has 18 heavy (non-hydrogen) atoms. The van der Waals surface area contributed by atoms with E-state index in [-0.39, 0.29) is 0 Å². The molecular weight excluding hydrogens is 250 g/mol. The molecule has 0 saturated heterocycles. The van der Waals surface area contributed by atoms with Gasteiger partial charge >= 0.3 is 0 Å². The molecule has 1 aromatic rings. The number of ether oxygens (including phenoxy) is 1. The average molecular weight is 266 g/mol. The van der Waals surface area contributed by atoms with Crippen molar-refractivity contribution in [3.8, 4) is 5.75 Å². The summed E-state index contributed by atoms with van der Waals surface area (Å²) in [5, 5.41) is 0.599. The molecule has 0 N–H and O–H groups in total. The lowest BCUT2D eigenvalue weighted by molar-refractivity contribution is 0.379. The van der Waals surface area contributed by atoms with Crippen LogP contribution < -0.4 is 4.74 Å². The Morgan fingerprint density at radius 3 is 2.61 bits per heavy atom. The first-order chi connectivity index (χ1) is 8.64. The van der Waals surface area contributed by atoms with Crippen LogP contribution in [0.1, 0.15) is 36.8 Å². The van der Waals surface area contributed by atoms with E-state index in [1.807, 2.05) is 19.1 Å². The lowest BCUT2D eigenvalue weighted by Crippen LogP contribution is -2.20. The highest BCUT2D eigenvalue weighted by molar-refractivity contribution is 6.33. The Labute approximate surface area is 112 Å². The summed E-state index contributed by atoms with van der Waals surface area (Å²) in [6.07, 6.45) is 5.51. The van der Waals surface area contributed by atoms with Crippen LogP contribution in [0.5, 0.6) is 5.75 Å². The molecule has 2 rings (SSSR count). The van der Waals surface area contributed by atoms with Crippen molar-refractivity contribution in [2.24, 2.45) is 4.99 Å². The SMILES string of the molecule is COc1c(C2(N=C=O)CCCC2)ccc(C)c1Cl. The van der Waals surface area contributed by atoms with Crippen LogP contribution in [0.15, 0.2) is 17.1 Å². The molecule has 1 aromatic carbocycles. The molecule has 0 bridgehead atoms. The molecule has 0 spiro atoms. The molecule has 1 aliphatic rings. The van der Waals surface area contributed by atoms with Gasteiger partial charge in [-0.15, -0.1) is 0 Å². The second kappa shape index (κ2) is 5.13. The van der Waals surface area contributed by atoms with Gasteiger partial charge in [0.05, 0.1) is 12.1 Å². The van der Waals surface area contributed by atoms with Gasteiger partial charge in [-0.2, -0.15) is 4.99 Å². The maximum Gasteiger partial charge on any atom is 0.235 e. The minimum Gasteiger partial charge on any atom is -0.495 e. The fraction of sp³-hybridized carbons (Fsp3) is 0.500. The highest BCUT2D eigenvalue weighted by atomic mass is 35.5. The minimum atomic E-state index is -0.496. The number of benzene rings is 1. The summed E-state index contributed by atoms with van der Waals surface area (Å²) in [5.41, 5.74) is 1.37. The van der Waals surface area contributed by atoms with E-state index in [2.05, 4.69) is 4.99 Å². The van der Waals surface area contributed by atoms with Crippen LogP contribution in [0.4, 0.5) is 0 Å². The number of halogens is 1. The largest absolute Gasteiger partial charge is 0.495 e. The summed E-state index contributed by atoms with van der Waals surface area (Å²) in [6.45, 7) is 1.93. The normalized spacial score (nSPS) is 17.3. The van der Waals surface area contributed by atoms with Gasteiger partial charge in [0.15, 0.2) is 0 Å². The fourth-order valence-electron chi connectivity index (χ4n) is 2.71. The zero-order valence-corrected chi connectivity index (χ0v) is 11.4. The zero-order valence-electron chi connectivity index (χ0n) is 10.6. The van der Waals surface area contributed by atoms with Crippen LogP contribution in [0.25, 0.3) is 0 Å². The summed E-state index contributed by atoms with van der Waals surface area (Å²) < 4.78 is 5.42. The van der Waals surface area contributed by atoms with E-state index in [9.17, 15) is 4.79 Å². The number of rotatable bonds is 3. The van der Waals surface area contributed by atoms with Gasteiger partial charge in [-0.3, -0.25) is 0 Å². The van der Waals surface area contributed by atoms with Gasteiger partial charge in [0.25, 0.3) is 0 Å². The van der Waals surface area contributed by atoms with Crippen molar-refractivity contribution in [2.75, 3.05) is 7.11 Å². The van der Waals surface area contributed by atoms with E-state index in [1.54, 1.807) is 13.2 Å². The Balaban J connectivity index is 2.62. The number of isocyanates is 1. The van der Waals surface area contributed by atoms with Gasteiger partial charge in [-0.05, 0) is 25.3 Å². The Bertz CT molecular complexity index is 501. The molecule has 0 heterocycles. The van der Waals surface area contributed by atoms with Gasteiger partial charge in [-0.1, -0.05) is 36.6 Å². The van der Waals surface area contributed by atoms with Crippen molar-refractivity contribution in [2.45, 2.75) is 38.1 Å². The van der Waals surface area contributed by atoms with Crippen molar-refractivity contribution < 1.29 is 9.53 Å². The van der Waals surface area contributed by atoms with Crippen molar-refractivity contribution in [3.63, 3.8) is 0 Å².